The minimum absolute atomic E-state index is 0.0394. The van der Waals surface area contributed by atoms with E-state index >= 15 is 0 Å². The maximum Gasteiger partial charge on any atom is 0.303 e. The Kier molecular flexibility index (Phi) is 6.19. The quantitative estimate of drug-likeness (QED) is 0.783. The molecule has 106 valence electrons. The number of carboxylic acid groups (broad SMARTS) is 1. The van der Waals surface area contributed by atoms with Crippen LogP contribution < -0.4 is 9.47 Å². The van der Waals surface area contributed by atoms with Crippen molar-refractivity contribution in [2.45, 2.75) is 38.5 Å². The number of carboxylic acids is 1. The average Bonchev–Trinajstić information content (AvgIpc) is 2.41. The lowest BCUT2D eigenvalue weighted by atomic mass is 9.90. The lowest BCUT2D eigenvalue weighted by Gasteiger charge is -2.19. The number of unbranched alkanes of at least 4 members (excludes halogenated alkanes) is 1. The SMILES string of the molecule is CCCCC(CC(=O)O)c1cccc(OC)c1OC. The van der Waals surface area contributed by atoms with Gasteiger partial charge in [-0.15, -0.1) is 0 Å². The monoisotopic (exact) mass is 266 g/mol. The minimum atomic E-state index is -0.786. The summed E-state index contributed by atoms with van der Waals surface area (Å²) in [5.74, 6) is 0.465. The van der Waals surface area contributed by atoms with Gasteiger partial charge in [-0.05, 0) is 18.4 Å². The predicted molar refractivity (Wildman–Crippen MR) is 74.1 cm³/mol. The topological polar surface area (TPSA) is 55.8 Å². The van der Waals surface area contributed by atoms with Gasteiger partial charge in [0.2, 0.25) is 0 Å². The second-order valence-corrected chi connectivity index (χ2v) is 4.52. The Morgan fingerprint density at radius 2 is 2.05 bits per heavy atom. The average molecular weight is 266 g/mol. The highest BCUT2D eigenvalue weighted by Gasteiger charge is 2.21. The van der Waals surface area contributed by atoms with Gasteiger partial charge in [-0.2, -0.15) is 0 Å². The van der Waals surface area contributed by atoms with Crippen molar-refractivity contribution >= 4 is 5.97 Å². The van der Waals surface area contributed by atoms with Crippen molar-refractivity contribution in [2.24, 2.45) is 0 Å². The zero-order valence-electron chi connectivity index (χ0n) is 11.8. The first-order valence-electron chi connectivity index (χ1n) is 6.56. The van der Waals surface area contributed by atoms with Crippen molar-refractivity contribution in [3.8, 4) is 11.5 Å². The highest BCUT2D eigenvalue weighted by molar-refractivity contribution is 5.68. The zero-order valence-corrected chi connectivity index (χ0v) is 11.8. The van der Waals surface area contributed by atoms with Crippen LogP contribution in [0.3, 0.4) is 0 Å². The molecule has 1 aromatic rings. The fraction of sp³-hybridized carbons (Fsp3) is 0.533. The molecular formula is C15H22O4. The minimum Gasteiger partial charge on any atom is -0.493 e. The zero-order chi connectivity index (χ0) is 14.3. The van der Waals surface area contributed by atoms with Crippen LogP contribution in [0.4, 0.5) is 0 Å². The molecule has 4 heteroatoms. The molecule has 19 heavy (non-hydrogen) atoms. The van der Waals surface area contributed by atoms with E-state index in [2.05, 4.69) is 6.92 Å². The van der Waals surface area contributed by atoms with E-state index in [9.17, 15) is 4.79 Å². The number of ether oxygens (including phenoxy) is 2. The molecule has 0 saturated heterocycles. The Labute approximate surface area is 114 Å². The fourth-order valence-corrected chi connectivity index (χ4v) is 2.26. The summed E-state index contributed by atoms with van der Waals surface area (Å²) in [6.07, 6.45) is 3.00. The Bertz CT molecular complexity index is 415. The summed E-state index contributed by atoms with van der Waals surface area (Å²) >= 11 is 0. The van der Waals surface area contributed by atoms with Crippen molar-refractivity contribution < 1.29 is 19.4 Å². The molecule has 0 aliphatic carbocycles. The lowest BCUT2D eigenvalue weighted by molar-refractivity contribution is -0.137. The summed E-state index contributed by atoms with van der Waals surface area (Å²) < 4.78 is 10.7. The Morgan fingerprint density at radius 3 is 2.58 bits per heavy atom. The number of hydrogen-bond acceptors (Lipinski definition) is 3. The molecule has 0 bridgehead atoms. The molecule has 0 aromatic heterocycles. The summed E-state index contributed by atoms with van der Waals surface area (Å²) in [7, 11) is 3.17. The van der Waals surface area contributed by atoms with Gasteiger partial charge in [-0.25, -0.2) is 0 Å². The molecule has 0 aliphatic heterocycles. The first-order valence-corrected chi connectivity index (χ1v) is 6.56. The summed E-state index contributed by atoms with van der Waals surface area (Å²) in [5, 5.41) is 9.06. The van der Waals surface area contributed by atoms with Gasteiger partial charge in [-0.1, -0.05) is 31.9 Å². The number of para-hydroxylation sites is 1. The largest absolute Gasteiger partial charge is 0.493 e. The van der Waals surface area contributed by atoms with E-state index in [0.29, 0.717) is 11.5 Å². The molecule has 0 fully saturated rings. The van der Waals surface area contributed by atoms with Gasteiger partial charge in [-0.3, -0.25) is 4.79 Å². The maximum atomic E-state index is 11.0. The third-order valence-corrected chi connectivity index (χ3v) is 3.20. The summed E-state index contributed by atoms with van der Waals surface area (Å²) in [6.45, 7) is 2.10. The molecule has 0 amide bonds. The van der Waals surface area contributed by atoms with Crippen molar-refractivity contribution in [1.29, 1.82) is 0 Å². The number of hydrogen-bond donors (Lipinski definition) is 1. The van der Waals surface area contributed by atoms with E-state index in [-0.39, 0.29) is 12.3 Å². The lowest BCUT2D eigenvalue weighted by Crippen LogP contribution is -2.08. The fourth-order valence-electron chi connectivity index (χ4n) is 2.26. The van der Waals surface area contributed by atoms with E-state index in [1.54, 1.807) is 14.2 Å². The number of carbonyl (C=O) groups is 1. The van der Waals surface area contributed by atoms with E-state index < -0.39 is 5.97 Å². The van der Waals surface area contributed by atoms with Crippen LogP contribution in [0.15, 0.2) is 18.2 Å². The molecule has 4 nitrogen and oxygen atoms in total. The van der Waals surface area contributed by atoms with Gasteiger partial charge < -0.3 is 14.6 Å². The van der Waals surface area contributed by atoms with Crippen LogP contribution in [0.25, 0.3) is 0 Å². The van der Waals surface area contributed by atoms with E-state index in [0.717, 1.165) is 24.8 Å². The van der Waals surface area contributed by atoms with Crippen molar-refractivity contribution in [3.63, 3.8) is 0 Å². The maximum absolute atomic E-state index is 11.0. The summed E-state index contributed by atoms with van der Waals surface area (Å²) in [4.78, 5) is 11.0. The second kappa shape index (κ2) is 7.67. The first-order chi connectivity index (χ1) is 9.13. The molecule has 1 unspecified atom stereocenters. The molecule has 1 N–H and O–H groups in total. The number of rotatable bonds is 8. The van der Waals surface area contributed by atoms with E-state index in [1.807, 2.05) is 18.2 Å². The molecule has 1 rings (SSSR count). The Hall–Kier alpha value is -1.71. The first kappa shape index (κ1) is 15.3. The third-order valence-electron chi connectivity index (χ3n) is 3.20. The predicted octanol–water partition coefficient (Wildman–Crippen LogP) is 3.45. The standard InChI is InChI=1S/C15H22O4/c1-4-5-7-11(10-14(16)17)12-8-6-9-13(18-2)15(12)19-3/h6,8-9,11H,4-5,7,10H2,1-3H3,(H,16,17). The highest BCUT2D eigenvalue weighted by Crippen LogP contribution is 2.38. The molecule has 0 heterocycles. The molecule has 0 saturated carbocycles. The van der Waals surface area contributed by atoms with Gasteiger partial charge in [0.05, 0.1) is 20.6 Å². The van der Waals surface area contributed by atoms with E-state index in [1.165, 1.54) is 0 Å². The van der Waals surface area contributed by atoms with Crippen LogP contribution in [-0.4, -0.2) is 25.3 Å². The summed E-state index contributed by atoms with van der Waals surface area (Å²) in [6, 6.07) is 5.61. The van der Waals surface area contributed by atoms with Crippen LogP contribution in [0.2, 0.25) is 0 Å². The van der Waals surface area contributed by atoms with Gasteiger partial charge in [0, 0.05) is 5.56 Å². The molecular weight excluding hydrogens is 244 g/mol. The highest BCUT2D eigenvalue weighted by atomic mass is 16.5. The van der Waals surface area contributed by atoms with Crippen molar-refractivity contribution in [2.75, 3.05) is 14.2 Å². The molecule has 0 aliphatic rings. The normalized spacial score (nSPS) is 11.9. The van der Waals surface area contributed by atoms with Crippen LogP contribution in [0.5, 0.6) is 11.5 Å². The number of aliphatic carboxylic acids is 1. The number of benzene rings is 1. The van der Waals surface area contributed by atoms with Crippen LogP contribution >= 0.6 is 0 Å². The third kappa shape index (κ3) is 4.16. The second-order valence-electron chi connectivity index (χ2n) is 4.52. The van der Waals surface area contributed by atoms with Gasteiger partial charge >= 0.3 is 5.97 Å². The van der Waals surface area contributed by atoms with Crippen LogP contribution in [-0.2, 0) is 4.79 Å². The van der Waals surface area contributed by atoms with Crippen LogP contribution in [0.1, 0.15) is 44.1 Å². The Balaban J connectivity index is 3.09. The molecule has 1 aromatic carbocycles. The molecule has 1 atom stereocenters. The molecule has 0 radical (unpaired) electrons. The van der Waals surface area contributed by atoms with Gasteiger partial charge in [0.15, 0.2) is 11.5 Å². The summed E-state index contributed by atoms with van der Waals surface area (Å²) in [5.41, 5.74) is 0.915. The van der Waals surface area contributed by atoms with Gasteiger partial charge in [0.25, 0.3) is 0 Å². The van der Waals surface area contributed by atoms with Crippen molar-refractivity contribution in [3.05, 3.63) is 23.8 Å². The van der Waals surface area contributed by atoms with Crippen LogP contribution in [0, 0.1) is 0 Å². The van der Waals surface area contributed by atoms with E-state index in [4.69, 9.17) is 14.6 Å². The van der Waals surface area contributed by atoms with Gasteiger partial charge in [0.1, 0.15) is 0 Å². The smallest absolute Gasteiger partial charge is 0.303 e. The molecule has 0 spiro atoms. The van der Waals surface area contributed by atoms with Crippen molar-refractivity contribution in [1.82, 2.24) is 0 Å². The Morgan fingerprint density at radius 1 is 1.32 bits per heavy atom. The number of methoxy groups -OCH3 is 2.